The summed E-state index contributed by atoms with van der Waals surface area (Å²) < 4.78 is 48.1. The molecule has 0 unspecified atom stereocenters. The second kappa shape index (κ2) is 4.12. The monoisotopic (exact) mass is 304 g/mol. The van der Waals surface area contributed by atoms with E-state index in [4.69, 9.17) is 11.6 Å². The highest BCUT2D eigenvalue weighted by atomic mass is 79.9. The number of halogens is 4. The first-order valence-electron chi connectivity index (χ1n) is 3.32. The van der Waals surface area contributed by atoms with Crippen LogP contribution in [0.4, 0.5) is 8.78 Å². The van der Waals surface area contributed by atoms with Crippen molar-refractivity contribution in [3.8, 4) is 0 Å². The van der Waals surface area contributed by atoms with Gasteiger partial charge in [0.15, 0.2) is 9.84 Å². The molecule has 1 aromatic carbocycles. The molecule has 0 bridgehead atoms. The Balaban J connectivity index is 3.45. The first-order valence-corrected chi connectivity index (χ1v) is 6.29. The first-order chi connectivity index (χ1) is 6.38. The van der Waals surface area contributed by atoms with Crippen molar-refractivity contribution in [3.05, 3.63) is 28.2 Å². The topological polar surface area (TPSA) is 34.1 Å². The van der Waals surface area contributed by atoms with E-state index in [0.29, 0.717) is 6.07 Å². The highest BCUT2D eigenvalue weighted by molar-refractivity contribution is 9.10. The molecule has 0 N–H and O–H groups in total. The van der Waals surface area contributed by atoms with Crippen LogP contribution in [-0.4, -0.2) is 13.6 Å². The van der Waals surface area contributed by atoms with Gasteiger partial charge in [-0.3, -0.25) is 0 Å². The third-order valence-electron chi connectivity index (χ3n) is 1.45. The van der Waals surface area contributed by atoms with E-state index in [1.165, 1.54) is 0 Å². The quantitative estimate of drug-likeness (QED) is 0.622. The average molecular weight is 306 g/mol. The normalized spacial score (nSPS) is 11.7. The zero-order valence-corrected chi connectivity index (χ0v) is 9.76. The fourth-order valence-electron chi connectivity index (χ4n) is 0.801. The molecule has 0 atom stereocenters. The molecule has 14 heavy (non-hydrogen) atoms. The number of hydrogen-bond donors (Lipinski definition) is 0. The van der Waals surface area contributed by atoms with Gasteiger partial charge in [-0.05, 0) is 28.1 Å². The smallest absolute Gasteiger partial charge is 0.195 e. The zero-order valence-electron chi connectivity index (χ0n) is 6.60. The number of sulfone groups is 1. The first kappa shape index (κ1) is 11.9. The molecule has 2 nitrogen and oxygen atoms in total. The fraction of sp³-hybridized carbons (Fsp3) is 0.143. The van der Waals surface area contributed by atoms with E-state index in [1.807, 2.05) is 0 Å². The van der Waals surface area contributed by atoms with E-state index in [9.17, 15) is 17.2 Å². The molecule has 0 aromatic heterocycles. The van der Waals surface area contributed by atoms with Gasteiger partial charge in [0.05, 0.1) is 4.47 Å². The van der Waals surface area contributed by atoms with Crippen molar-refractivity contribution < 1.29 is 17.2 Å². The van der Waals surface area contributed by atoms with Crippen LogP contribution in [0.2, 0.25) is 0 Å². The molecule has 0 aliphatic heterocycles. The van der Waals surface area contributed by atoms with E-state index in [1.54, 1.807) is 0 Å². The molecule has 0 fully saturated rings. The van der Waals surface area contributed by atoms with Crippen molar-refractivity contribution in [2.24, 2.45) is 0 Å². The summed E-state index contributed by atoms with van der Waals surface area (Å²) in [7, 11) is -3.94. The Morgan fingerprint density at radius 3 is 2.36 bits per heavy atom. The lowest BCUT2D eigenvalue weighted by Crippen LogP contribution is -2.05. The van der Waals surface area contributed by atoms with Crippen molar-refractivity contribution in [1.82, 2.24) is 0 Å². The maximum atomic E-state index is 13.1. The Kier molecular flexibility index (Phi) is 3.49. The van der Waals surface area contributed by atoms with Gasteiger partial charge in [-0.25, -0.2) is 17.2 Å². The van der Waals surface area contributed by atoms with Crippen LogP contribution in [0.15, 0.2) is 21.5 Å². The lowest BCUT2D eigenvalue weighted by Gasteiger charge is -2.03. The molecular weight excluding hydrogens is 301 g/mol. The summed E-state index contributed by atoms with van der Waals surface area (Å²) in [5.74, 6) is -1.88. The van der Waals surface area contributed by atoms with Gasteiger partial charge in [0.2, 0.25) is 0 Å². The van der Waals surface area contributed by atoms with E-state index in [2.05, 4.69) is 15.9 Å². The van der Waals surface area contributed by atoms with Gasteiger partial charge in [-0.1, -0.05) is 0 Å². The molecule has 7 heteroatoms. The van der Waals surface area contributed by atoms with Crippen LogP contribution >= 0.6 is 27.5 Å². The van der Waals surface area contributed by atoms with E-state index >= 15 is 0 Å². The predicted octanol–water partition coefficient (Wildman–Crippen LogP) is 2.70. The van der Waals surface area contributed by atoms with Crippen LogP contribution < -0.4 is 0 Å². The minimum Gasteiger partial charge on any atom is -0.222 e. The van der Waals surface area contributed by atoms with Gasteiger partial charge >= 0.3 is 0 Å². The fourth-order valence-corrected chi connectivity index (χ4v) is 2.23. The van der Waals surface area contributed by atoms with Gasteiger partial charge in [0.25, 0.3) is 0 Å². The molecule has 0 amide bonds. The summed E-state index contributed by atoms with van der Waals surface area (Å²) in [4.78, 5) is -0.729. The highest BCUT2D eigenvalue weighted by Gasteiger charge is 2.20. The molecule has 0 aliphatic carbocycles. The lowest BCUT2D eigenvalue weighted by atomic mass is 10.3. The minimum absolute atomic E-state index is 0.136. The van der Waals surface area contributed by atoms with Crippen LogP contribution in [0.5, 0.6) is 0 Å². The minimum atomic E-state index is -3.94. The standard InChI is InChI=1S/C7H4BrClF2O2S/c8-4-1-6(11)7(2-5(4)10)14(12,13)3-9/h1-2H,3H2. The average Bonchev–Trinajstić information content (AvgIpc) is 2.11. The Morgan fingerprint density at radius 2 is 1.86 bits per heavy atom. The maximum Gasteiger partial charge on any atom is 0.195 e. The second-order valence-electron chi connectivity index (χ2n) is 2.42. The molecule has 78 valence electrons. The predicted molar refractivity (Wildman–Crippen MR) is 52.0 cm³/mol. The molecular formula is C7H4BrClF2O2S. The van der Waals surface area contributed by atoms with Gasteiger partial charge in [0, 0.05) is 0 Å². The van der Waals surface area contributed by atoms with Crippen molar-refractivity contribution >= 4 is 37.4 Å². The van der Waals surface area contributed by atoms with Crippen LogP contribution in [0, 0.1) is 11.6 Å². The summed E-state index contributed by atoms with van der Waals surface area (Å²) >= 11 is 7.83. The summed E-state index contributed by atoms with van der Waals surface area (Å²) in [5.41, 5.74) is 0. The number of alkyl halides is 1. The number of rotatable bonds is 2. The molecule has 1 rings (SSSR count). The lowest BCUT2D eigenvalue weighted by molar-refractivity contribution is 0.552. The second-order valence-corrected chi connectivity index (χ2v) is 5.82. The molecule has 0 aliphatic rings. The van der Waals surface area contributed by atoms with Crippen LogP contribution in [-0.2, 0) is 9.84 Å². The molecule has 0 saturated carbocycles. The number of benzene rings is 1. The van der Waals surface area contributed by atoms with Crippen LogP contribution in [0.3, 0.4) is 0 Å². The third kappa shape index (κ3) is 2.24. The Morgan fingerprint density at radius 1 is 1.29 bits per heavy atom. The molecule has 0 spiro atoms. The van der Waals surface area contributed by atoms with Crippen molar-refractivity contribution in [2.75, 3.05) is 5.21 Å². The van der Waals surface area contributed by atoms with E-state index in [0.717, 1.165) is 6.07 Å². The summed E-state index contributed by atoms with van der Waals surface area (Å²) in [6.07, 6.45) is 0. The van der Waals surface area contributed by atoms with Crippen LogP contribution in [0.25, 0.3) is 0 Å². The maximum absolute atomic E-state index is 13.1. The summed E-state index contributed by atoms with van der Waals surface area (Å²) in [6, 6.07) is 1.34. The molecule has 0 radical (unpaired) electrons. The van der Waals surface area contributed by atoms with Crippen molar-refractivity contribution in [2.45, 2.75) is 4.90 Å². The largest absolute Gasteiger partial charge is 0.222 e. The zero-order chi connectivity index (χ0) is 10.9. The Labute approximate surface area is 92.9 Å². The summed E-state index contributed by atoms with van der Waals surface area (Å²) in [6.45, 7) is 0. The molecule has 0 saturated heterocycles. The summed E-state index contributed by atoms with van der Waals surface area (Å²) in [5, 5.41) is -0.787. The molecule has 0 heterocycles. The van der Waals surface area contributed by atoms with E-state index in [-0.39, 0.29) is 4.47 Å². The Bertz CT molecular complexity index is 461. The SMILES string of the molecule is O=S(=O)(CCl)c1cc(F)c(Br)cc1F. The van der Waals surface area contributed by atoms with Gasteiger partial charge < -0.3 is 0 Å². The highest BCUT2D eigenvalue weighted by Crippen LogP contribution is 2.24. The number of hydrogen-bond acceptors (Lipinski definition) is 2. The molecule has 1 aromatic rings. The third-order valence-corrected chi connectivity index (χ3v) is 4.19. The van der Waals surface area contributed by atoms with Crippen molar-refractivity contribution in [3.63, 3.8) is 0 Å². The van der Waals surface area contributed by atoms with E-state index < -0.39 is 31.6 Å². The van der Waals surface area contributed by atoms with Crippen LogP contribution in [0.1, 0.15) is 0 Å². The van der Waals surface area contributed by atoms with Gasteiger partial charge in [-0.2, -0.15) is 0 Å². The van der Waals surface area contributed by atoms with Gasteiger partial charge in [0.1, 0.15) is 21.7 Å². The van der Waals surface area contributed by atoms with Gasteiger partial charge in [-0.15, -0.1) is 11.6 Å². The Hall–Kier alpha value is -0.200. The van der Waals surface area contributed by atoms with Crippen molar-refractivity contribution in [1.29, 1.82) is 0 Å².